The molecule has 0 amide bonds. The number of hydrogen-bond donors (Lipinski definition) is 1. The summed E-state index contributed by atoms with van der Waals surface area (Å²) >= 11 is 0. The summed E-state index contributed by atoms with van der Waals surface area (Å²) in [5.74, 6) is -0.464. The highest BCUT2D eigenvalue weighted by Gasteiger charge is 2.02. The van der Waals surface area contributed by atoms with Gasteiger partial charge < -0.3 is 10.1 Å². The van der Waals surface area contributed by atoms with Gasteiger partial charge in [0.1, 0.15) is 5.82 Å². The van der Waals surface area contributed by atoms with Crippen molar-refractivity contribution in [2.24, 2.45) is 0 Å². The van der Waals surface area contributed by atoms with Crippen molar-refractivity contribution in [3.63, 3.8) is 0 Å². The molecular weight excluding hydrogens is 221 g/mol. The maximum Gasteiger partial charge on any atom is 0.319 e. The second kappa shape index (κ2) is 7.01. The van der Waals surface area contributed by atoms with Crippen LogP contribution in [0.1, 0.15) is 18.1 Å². The Labute approximate surface area is 101 Å². The summed E-state index contributed by atoms with van der Waals surface area (Å²) in [6.07, 6.45) is 0.769. The van der Waals surface area contributed by atoms with Crippen molar-refractivity contribution >= 4 is 5.97 Å². The minimum Gasteiger partial charge on any atom is -0.465 e. The number of rotatable bonds is 6. The topological polar surface area (TPSA) is 38.3 Å². The first-order valence-electron chi connectivity index (χ1n) is 5.75. The summed E-state index contributed by atoms with van der Waals surface area (Å²) in [7, 11) is 0. The minimum absolute atomic E-state index is 0.216. The van der Waals surface area contributed by atoms with Gasteiger partial charge in [0.25, 0.3) is 0 Å². The van der Waals surface area contributed by atoms with Crippen molar-refractivity contribution in [3.05, 3.63) is 35.1 Å². The lowest BCUT2D eigenvalue weighted by Gasteiger charge is -2.07. The van der Waals surface area contributed by atoms with Gasteiger partial charge in [-0.15, -0.1) is 0 Å². The lowest BCUT2D eigenvalue weighted by atomic mass is 10.1. The van der Waals surface area contributed by atoms with Gasteiger partial charge in [0, 0.05) is 0 Å². The molecule has 4 heteroatoms. The number of benzene rings is 1. The van der Waals surface area contributed by atoms with E-state index in [4.69, 9.17) is 4.74 Å². The van der Waals surface area contributed by atoms with Crippen LogP contribution in [0.5, 0.6) is 0 Å². The molecule has 1 rings (SSSR count). The minimum atomic E-state index is -0.247. The van der Waals surface area contributed by atoms with Crippen LogP contribution in [0.3, 0.4) is 0 Å². The Hall–Kier alpha value is -1.42. The van der Waals surface area contributed by atoms with E-state index in [-0.39, 0.29) is 18.3 Å². The van der Waals surface area contributed by atoms with Crippen LogP contribution in [0.2, 0.25) is 0 Å². The quantitative estimate of drug-likeness (QED) is 0.608. The number of esters is 1. The highest BCUT2D eigenvalue weighted by atomic mass is 19.1. The molecule has 0 bridgehead atoms. The molecule has 0 heterocycles. The van der Waals surface area contributed by atoms with Gasteiger partial charge in [-0.3, -0.25) is 4.79 Å². The van der Waals surface area contributed by atoms with Gasteiger partial charge in [0.2, 0.25) is 0 Å². The Bertz CT molecular complexity index is 380. The van der Waals surface area contributed by atoms with E-state index in [9.17, 15) is 9.18 Å². The molecule has 1 N–H and O–H groups in total. The summed E-state index contributed by atoms with van der Waals surface area (Å²) in [6, 6.07) is 4.74. The Morgan fingerprint density at radius 2 is 2.24 bits per heavy atom. The van der Waals surface area contributed by atoms with E-state index in [0.717, 1.165) is 17.5 Å². The molecule has 0 atom stereocenters. The molecular formula is C13H18FNO2. The van der Waals surface area contributed by atoms with Crippen LogP contribution in [0.4, 0.5) is 4.39 Å². The van der Waals surface area contributed by atoms with Gasteiger partial charge in [-0.1, -0.05) is 6.07 Å². The van der Waals surface area contributed by atoms with Crippen molar-refractivity contribution in [2.45, 2.75) is 20.3 Å². The molecule has 1 aromatic carbocycles. The van der Waals surface area contributed by atoms with Gasteiger partial charge in [0.05, 0.1) is 13.2 Å². The molecule has 0 saturated carbocycles. The molecule has 94 valence electrons. The number of carbonyl (C=O) groups excluding carboxylic acids is 1. The highest BCUT2D eigenvalue weighted by Crippen LogP contribution is 2.10. The third-order valence-corrected chi connectivity index (χ3v) is 2.45. The highest BCUT2D eigenvalue weighted by molar-refractivity contribution is 5.71. The maximum atomic E-state index is 12.8. The van der Waals surface area contributed by atoms with E-state index >= 15 is 0 Å². The van der Waals surface area contributed by atoms with E-state index in [2.05, 4.69) is 5.32 Å². The van der Waals surface area contributed by atoms with Gasteiger partial charge in [-0.25, -0.2) is 4.39 Å². The number of ether oxygens (including phenoxy) is 1. The molecule has 1 aromatic rings. The van der Waals surface area contributed by atoms with Crippen LogP contribution in [0.15, 0.2) is 18.2 Å². The molecule has 0 fully saturated rings. The van der Waals surface area contributed by atoms with Crippen LogP contribution in [0, 0.1) is 12.7 Å². The number of halogens is 1. The van der Waals surface area contributed by atoms with Crippen molar-refractivity contribution in [1.29, 1.82) is 0 Å². The smallest absolute Gasteiger partial charge is 0.319 e. The lowest BCUT2D eigenvalue weighted by Crippen LogP contribution is -2.26. The molecule has 0 radical (unpaired) electrons. The molecule has 17 heavy (non-hydrogen) atoms. The number of carbonyl (C=O) groups is 1. The standard InChI is InChI=1S/C13H18FNO2/c1-3-17-13(16)9-15-7-6-11-4-5-12(14)8-10(11)2/h4-5,8,15H,3,6-7,9H2,1-2H3. The average molecular weight is 239 g/mol. The van der Waals surface area contributed by atoms with E-state index in [1.54, 1.807) is 13.0 Å². The van der Waals surface area contributed by atoms with Crippen LogP contribution in [-0.4, -0.2) is 25.7 Å². The second-order valence-corrected chi connectivity index (χ2v) is 3.80. The molecule has 0 aromatic heterocycles. The molecule has 0 aliphatic rings. The molecule has 0 aliphatic carbocycles. The van der Waals surface area contributed by atoms with Crippen LogP contribution >= 0.6 is 0 Å². The zero-order valence-corrected chi connectivity index (χ0v) is 10.3. The third kappa shape index (κ3) is 4.95. The zero-order chi connectivity index (χ0) is 12.7. The fraction of sp³-hybridized carbons (Fsp3) is 0.462. The number of hydrogen-bond acceptors (Lipinski definition) is 3. The predicted octanol–water partition coefficient (Wildman–Crippen LogP) is 1.83. The summed E-state index contributed by atoms with van der Waals surface area (Å²) in [4.78, 5) is 11.0. The van der Waals surface area contributed by atoms with E-state index in [1.165, 1.54) is 12.1 Å². The fourth-order valence-corrected chi connectivity index (χ4v) is 1.57. The largest absolute Gasteiger partial charge is 0.465 e. The summed E-state index contributed by atoms with van der Waals surface area (Å²) in [5, 5.41) is 2.99. The van der Waals surface area contributed by atoms with E-state index in [1.807, 2.05) is 6.92 Å². The lowest BCUT2D eigenvalue weighted by molar-refractivity contribution is -0.141. The molecule has 0 saturated heterocycles. The second-order valence-electron chi connectivity index (χ2n) is 3.80. The Balaban J connectivity index is 2.29. The monoisotopic (exact) mass is 239 g/mol. The van der Waals surface area contributed by atoms with Crippen LogP contribution < -0.4 is 5.32 Å². The predicted molar refractivity (Wildman–Crippen MR) is 64.3 cm³/mol. The van der Waals surface area contributed by atoms with Gasteiger partial charge >= 0.3 is 5.97 Å². The van der Waals surface area contributed by atoms with Crippen LogP contribution in [-0.2, 0) is 16.0 Å². The zero-order valence-electron chi connectivity index (χ0n) is 10.3. The Morgan fingerprint density at radius 3 is 2.88 bits per heavy atom. The van der Waals surface area contributed by atoms with Gasteiger partial charge in [-0.05, 0) is 50.1 Å². The molecule has 0 spiro atoms. The Morgan fingerprint density at radius 1 is 1.47 bits per heavy atom. The molecule has 0 aliphatic heterocycles. The van der Waals surface area contributed by atoms with Crippen molar-refractivity contribution in [2.75, 3.05) is 19.7 Å². The van der Waals surface area contributed by atoms with E-state index < -0.39 is 0 Å². The van der Waals surface area contributed by atoms with Crippen molar-refractivity contribution in [3.8, 4) is 0 Å². The molecule has 3 nitrogen and oxygen atoms in total. The molecule has 0 unspecified atom stereocenters. The summed E-state index contributed by atoms with van der Waals surface area (Å²) < 4.78 is 17.6. The average Bonchev–Trinajstić information content (AvgIpc) is 2.27. The SMILES string of the molecule is CCOC(=O)CNCCc1ccc(F)cc1C. The van der Waals surface area contributed by atoms with Crippen molar-refractivity contribution in [1.82, 2.24) is 5.32 Å². The first-order valence-corrected chi connectivity index (χ1v) is 5.75. The summed E-state index contributed by atoms with van der Waals surface area (Å²) in [6.45, 7) is 4.94. The number of aryl methyl sites for hydroxylation is 1. The van der Waals surface area contributed by atoms with Gasteiger partial charge in [-0.2, -0.15) is 0 Å². The number of nitrogens with one attached hydrogen (secondary N) is 1. The van der Waals surface area contributed by atoms with Gasteiger partial charge in [0.15, 0.2) is 0 Å². The normalized spacial score (nSPS) is 10.3. The Kier molecular flexibility index (Phi) is 5.63. The third-order valence-electron chi connectivity index (χ3n) is 2.45. The first kappa shape index (κ1) is 13.6. The van der Waals surface area contributed by atoms with Crippen LogP contribution in [0.25, 0.3) is 0 Å². The first-order chi connectivity index (χ1) is 8.13. The maximum absolute atomic E-state index is 12.8. The fourth-order valence-electron chi connectivity index (χ4n) is 1.57. The van der Waals surface area contributed by atoms with E-state index in [0.29, 0.717) is 13.2 Å². The van der Waals surface area contributed by atoms with Crippen molar-refractivity contribution < 1.29 is 13.9 Å². The summed E-state index contributed by atoms with van der Waals surface area (Å²) in [5.41, 5.74) is 2.02.